The molecule has 1 fully saturated rings. The second-order valence-electron chi connectivity index (χ2n) is 7.88. The van der Waals surface area contributed by atoms with Gasteiger partial charge in [0.2, 0.25) is 5.91 Å². The molecule has 0 unspecified atom stereocenters. The fourth-order valence-electron chi connectivity index (χ4n) is 4.10. The molecule has 0 spiro atoms. The van der Waals surface area contributed by atoms with E-state index in [2.05, 4.69) is 5.32 Å². The minimum Gasteiger partial charge on any atom is -0.486 e. The Kier molecular flexibility index (Phi) is 6.30. The molecule has 0 radical (unpaired) electrons. The second kappa shape index (κ2) is 9.16. The van der Waals surface area contributed by atoms with Crippen LogP contribution in [0.1, 0.15) is 24.0 Å². The standard InChI is InChI=1S/C22H22F3N3O5/c23-22(24,25)16-4-5-17(18(12-16)28(30)31)27-8-6-14(7-9-27)21(29)26-13-15-2-1-3-19-20(15)33-11-10-32-19/h1-5,12,14H,6-11,13H2,(H,26,29). The maximum atomic E-state index is 12.9. The zero-order valence-electron chi connectivity index (χ0n) is 17.6. The van der Waals surface area contributed by atoms with Gasteiger partial charge in [-0.15, -0.1) is 0 Å². The molecule has 0 atom stereocenters. The van der Waals surface area contributed by atoms with E-state index in [1.165, 1.54) is 0 Å². The molecule has 2 aliphatic heterocycles. The van der Waals surface area contributed by atoms with Gasteiger partial charge in [-0.1, -0.05) is 12.1 Å². The molecule has 176 valence electrons. The van der Waals surface area contributed by atoms with Crippen LogP contribution in [0.2, 0.25) is 0 Å². The van der Waals surface area contributed by atoms with E-state index in [1.54, 1.807) is 11.0 Å². The van der Waals surface area contributed by atoms with Gasteiger partial charge in [-0.2, -0.15) is 13.2 Å². The number of para-hydroxylation sites is 1. The van der Waals surface area contributed by atoms with Crippen LogP contribution in [0.3, 0.4) is 0 Å². The SMILES string of the molecule is O=C(NCc1cccc2c1OCCO2)C1CCN(c2ccc(C(F)(F)F)cc2[N+](=O)[O-])CC1. The summed E-state index contributed by atoms with van der Waals surface area (Å²) in [6.45, 7) is 1.82. The quantitative estimate of drug-likeness (QED) is 0.532. The van der Waals surface area contributed by atoms with Crippen LogP contribution in [0.5, 0.6) is 11.5 Å². The third-order valence-electron chi connectivity index (χ3n) is 5.81. The first kappa shape index (κ1) is 22.7. The summed E-state index contributed by atoms with van der Waals surface area (Å²) in [4.78, 5) is 24.9. The number of halogens is 3. The number of benzene rings is 2. The molecule has 2 heterocycles. The van der Waals surface area contributed by atoms with Crippen molar-refractivity contribution in [2.75, 3.05) is 31.2 Å². The van der Waals surface area contributed by atoms with Crippen molar-refractivity contribution in [2.45, 2.75) is 25.6 Å². The fourth-order valence-corrected chi connectivity index (χ4v) is 4.10. The number of nitro benzene ring substituents is 1. The van der Waals surface area contributed by atoms with E-state index in [0.717, 1.165) is 17.7 Å². The van der Waals surface area contributed by atoms with Crippen LogP contribution in [0.25, 0.3) is 0 Å². The molecule has 2 aromatic carbocycles. The summed E-state index contributed by atoms with van der Waals surface area (Å²) >= 11 is 0. The van der Waals surface area contributed by atoms with Gasteiger partial charge in [-0.25, -0.2) is 0 Å². The van der Waals surface area contributed by atoms with Crippen LogP contribution in [-0.2, 0) is 17.5 Å². The maximum Gasteiger partial charge on any atom is 0.416 e. The summed E-state index contributed by atoms with van der Waals surface area (Å²) in [5.41, 5.74) is -0.730. The Morgan fingerprint density at radius 3 is 2.58 bits per heavy atom. The highest BCUT2D eigenvalue weighted by molar-refractivity contribution is 5.79. The number of nitrogens with one attached hydrogen (secondary N) is 1. The monoisotopic (exact) mass is 465 g/mol. The number of alkyl halides is 3. The van der Waals surface area contributed by atoms with Crippen molar-refractivity contribution in [3.63, 3.8) is 0 Å². The lowest BCUT2D eigenvalue weighted by molar-refractivity contribution is -0.384. The lowest BCUT2D eigenvalue weighted by atomic mass is 9.95. The van der Waals surface area contributed by atoms with Crippen molar-refractivity contribution < 1.29 is 32.4 Å². The Bertz CT molecular complexity index is 1050. The number of piperidine rings is 1. The summed E-state index contributed by atoms with van der Waals surface area (Å²) in [7, 11) is 0. The van der Waals surface area contributed by atoms with Gasteiger partial charge in [0.25, 0.3) is 5.69 Å². The number of carbonyl (C=O) groups is 1. The lowest BCUT2D eigenvalue weighted by Gasteiger charge is -2.32. The predicted octanol–water partition coefficient (Wildman–Crippen LogP) is 3.92. The lowest BCUT2D eigenvalue weighted by Crippen LogP contribution is -2.40. The molecule has 0 bridgehead atoms. The number of nitrogens with zero attached hydrogens (tertiary/aromatic N) is 2. The van der Waals surface area contributed by atoms with Gasteiger partial charge in [0.1, 0.15) is 18.9 Å². The first-order chi connectivity index (χ1) is 15.7. The molecular weight excluding hydrogens is 443 g/mol. The maximum absolute atomic E-state index is 12.9. The Morgan fingerprint density at radius 2 is 1.88 bits per heavy atom. The smallest absolute Gasteiger partial charge is 0.416 e. The summed E-state index contributed by atoms with van der Waals surface area (Å²) in [5.74, 6) is 0.810. The van der Waals surface area contributed by atoms with E-state index in [1.807, 2.05) is 12.1 Å². The molecule has 8 nitrogen and oxygen atoms in total. The van der Waals surface area contributed by atoms with Gasteiger partial charge in [0.05, 0.1) is 10.5 Å². The third kappa shape index (κ3) is 4.96. The van der Waals surface area contributed by atoms with Crippen LogP contribution in [0.4, 0.5) is 24.5 Å². The van der Waals surface area contributed by atoms with Gasteiger partial charge in [-0.3, -0.25) is 14.9 Å². The Hall–Kier alpha value is -3.50. The van der Waals surface area contributed by atoms with E-state index in [0.29, 0.717) is 56.7 Å². The Labute approximate surface area is 187 Å². The number of hydrogen-bond acceptors (Lipinski definition) is 6. The van der Waals surface area contributed by atoms with Gasteiger partial charge in [0, 0.05) is 37.2 Å². The Balaban J connectivity index is 1.37. The van der Waals surface area contributed by atoms with Crippen molar-refractivity contribution >= 4 is 17.3 Å². The molecular formula is C22H22F3N3O5. The Morgan fingerprint density at radius 1 is 1.15 bits per heavy atom. The first-order valence-electron chi connectivity index (χ1n) is 10.5. The number of hydrogen-bond donors (Lipinski definition) is 1. The van der Waals surface area contributed by atoms with E-state index >= 15 is 0 Å². The zero-order valence-corrected chi connectivity index (χ0v) is 17.6. The number of ether oxygens (including phenoxy) is 2. The van der Waals surface area contributed by atoms with Crippen LogP contribution in [0.15, 0.2) is 36.4 Å². The van der Waals surface area contributed by atoms with Crippen LogP contribution in [-0.4, -0.2) is 37.1 Å². The number of anilines is 1. The first-order valence-corrected chi connectivity index (χ1v) is 10.5. The highest BCUT2D eigenvalue weighted by atomic mass is 19.4. The molecule has 0 saturated carbocycles. The van der Waals surface area contributed by atoms with Gasteiger partial charge >= 0.3 is 6.18 Å². The largest absolute Gasteiger partial charge is 0.486 e. The molecule has 0 aromatic heterocycles. The number of carbonyl (C=O) groups excluding carboxylic acids is 1. The average Bonchev–Trinajstić information content (AvgIpc) is 2.81. The number of rotatable bonds is 5. The van der Waals surface area contributed by atoms with E-state index < -0.39 is 22.4 Å². The average molecular weight is 465 g/mol. The van der Waals surface area contributed by atoms with Crippen LogP contribution < -0.4 is 19.7 Å². The minimum absolute atomic E-state index is 0.125. The van der Waals surface area contributed by atoms with Crippen molar-refractivity contribution in [2.24, 2.45) is 5.92 Å². The number of amides is 1. The van der Waals surface area contributed by atoms with E-state index in [4.69, 9.17) is 9.47 Å². The second-order valence-corrected chi connectivity index (χ2v) is 7.88. The molecule has 1 saturated heterocycles. The zero-order chi connectivity index (χ0) is 23.6. The van der Waals surface area contributed by atoms with Gasteiger partial charge in [-0.05, 0) is 31.0 Å². The molecule has 11 heteroatoms. The molecule has 33 heavy (non-hydrogen) atoms. The number of fused-ring (bicyclic) bond motifs is 1. The molecule has 2 aliphatic rings. The van der Waals surface area contributed by atoms with Crippen molar-refractivity contribution in [1.29, 1.82) is 0 Å². The molecule has 2 aromatic rings. The highest BCUT2D eigenvalue weighted by Crippen LogP contribution is 2.38. The molecule has 0 aliphatic carbocycles. The van der Waals surface area contributed by atoms with Crippen LogP contribution in [0, 0.1) is 16.0 Å². The van der Waals surface area contributed by atoms with E-state index in [9.17, 15) is 28.1 Å². The summed E-state index contributed by atoms with van der Waals surface area (Å²) in [5, 5.41) is 14.3. The number of nitro groups is 1. The van der Waals surface area contributed by atoms with E-state index in [-0.39, 0.29) is 24.1 Å². The minimum atomic E-state index is -4.66. The molecule has 1 amide bonds. The van der Waals surface area contributed by atoms with Crippen LogP contribution >= 0.6 is 0 Å². The third-order valence-corrected chi connectivity index (χ3v) is 5.81. The molecule has 1 N–H and O–H groups in total. The van der Waals surface area contributed by atoms with Gasteiger partial charge in [0.15, 0.2) is 11.5 Å². The highest BCUT2D eigenvalue weighted by Gasteiger charge is 2.35. The van der Waals surface area contributed by atoms with Crippen molar-refractivity contribution in [3.05, 3.63) is 57.6 Å². The van der Waals surface area contributed by atoms with Crippen molar-refractivity contribution in [3.8, 4) is 11.5 Å². The van der Waals surface area contributed by atoms with Gasteiger partial charge < -0.3 is 19.7 Å². The van der Waals surface area contributed by atoms with Crippen molar-refractivity contribution in [1.82, 2.24) is 5.32 Å². The summed E-state index contributed by atoms with van der Waals surface area (Å²) in [6.07, 6.45) is -3.81. The normalized spacial score (nSPS) is 16.4. The summed E-state index contributed by atoms with van der Waals surface area (Å²) < 4.78 is 50.0. The predicted molar refractivity (Wildman–Crippen MR) is 112 cm³/mol. The topological polar surface area (TPSA) is 93.9 Å². The summed E-state index contributed by atoms with van der Waals surface area (Å²) in [6, 6.07) is 8.00. The molecule has 4 rings (SSSR count). The fraction of sp³-hybridized carbons (Fsp3) is 0.409.